The predicted molar refractivity (Wildman–Crippen MR) is 80.8 cm³/mol. The Morgan fingerprint density at radius 3 is 3.00 bits per heavy atom. The van der Waals surface area contributed by atoms with Gasteiger partial charge in [0.1, 0.15) is 6.10 Å². The second-order valence-electron chi connectivity index (χ2n) is 4.70. The average molecular weight is 279 g/mol. The Kier molecular flexibility index (Phi) is 5.34. The zero-order chi connectivity index (χ0) is 13.7. The third kappa shape index (κ3) is 4.01. The maximum atomic E-state index is 10.1. The number of nitrogens with zero attached hydrogens (tertiary/aromatic N) is 1. The Morgan fingerprint density at radius 2 is 2.21 bits per heavy atom. The molecule has 0 aliphatic carbocycles. The maximum absolute atomic E-state index is 10.1. The van der Waals surface area contributed by atoms with Gasteiger partial charge in [0.2, 0.25) is 0 Å². The number of thiophene rings is 1. The molecule has 0 amide bonds. The SMILES string of the molecule is CCN(C)CCOCC(O)c1ccc2sccc2c1. The van der Waals surface area contributed by atoms with Crippen LogP contribution in [0.3, 0.4) is 0 Å². The highest BCUT2D eigenvalue weighted by molar-refractivity contribution is 7.17. The molecule has 1 aromatic carbocycles. The van der Waals surface area contributed by atoms with Crippen molar-refractivity contribution in [2.24, 2.45) is 0 Å². The molecule has 1 heterocycles. The Bertz CT molecular complexity index is 512. The molecule has 0 radical (unpaired) electrons. The van der Waals surface area contributed by atoms with Crippen LogP contribution in [0, 0.1) is 0 Å². The molecule has 0 saturated heterocycles. The summed E-state index contributed by atoms with van der Waals surface area (Å²) in [5.74, 6) is 0. The van der Waals surface area contributed by atoms with Crippen molar-refractivity contribution in [3.8, 4) is 0 Å². The molecule has 0 bridgehead atoms. The zero-order valence-corrected chi connectivity index (χ0v) is 12.3. The van der Waals surface area contributed by atoms with Gasteiger partial charge in [0.05, 0.1) is 13.2 Å². The number of aliphatic hydroxyl groups is 1. The minimum Gasteiger partial charge on any atom is -0.386 e. The van der Waals surface area contributed by atoms with Gasteiger partial charge in [-0.25, -0.2) is 0 Å². The molecule has 19 heavy (non-hydrogen) atoms. The molecule has 1 atom stereocenters. The lowest BCUT2D eigenvalue weighted by atomic mass is 10.1. The molecule has 1 aromatic heterocycles. The second-order valence-corrected chi connectivity index (χ2v) is 5.65. The van der Waals surface area contributed by atoms with Gasteiger partial charge >= 0.3 is 0 Å². The second kappa shape index (κ2) is 7.01. The van der Waals surface area contributed by atoms with Crippen LogP contribution in [0.4, 0.5) is 0 Å². The molecule has 0 fully saturated rings. The van der Waals surface area contributed by atoms with E-state index in [9.17, 15) is 5.11 Å². The summed E-state index contributed by atoms with van der Waals surface area (Å²) < 4.78 is 6.78. The van der Waals surface area contributed by atoms with E-state index < -0.39 is 6.10 Å². The van der Waals surface area contributed by atoms with E-state index in [1.807, 2.05) is 12.1 Å². The van der Waals surface area contributed by atoms with Crippen LogP contribution in [-0.2, 0) is 4.74 Å². The fourth-order valence-electron chi connectivity index (χ4n) is 1.86. The Balaban J connectivity index is 1.83. The minimum atomic E-state index is -0.545. The molecule has 0 saturated carbocycles. The standard InChI is InChI=1S/C15H21NO2S/c1-3-16(2)7-8-18-11-14(17)12-4-5-15-13(10-12)6-9-19-15/h4-6,9-10,14,17H,3,7-8,11H2,1-2H3. The molecule has 2 aromatic rings. The molecular formula is C15H21NO2S. The first-order valence-corrected chi connectivity index (χ1v) is 7.50. The number of likely N-dealkylation sites (N-methyl/N-ethyl adjacent to an activating group) is 1. The van der Waals surface area contributed by atoms with Gasteiger partial charge in [-0.15, -0.1) is 11.3 Å². The van der Waals surface area contributed by atoms with Crippen molar-refractivity contribution < 1.29 is 9.84 Å². The molecule has 104 valence electrons. The van der Waals surface area contributed by atoms with Crippen LogP contribution in [0.15, 0.2) is 29.6 Å². The van der Waals surface area contributed by atoms with E-state index in [0.717, 1.165) is 18.7 Å². The van der Waals surface area contributed by atoms with E-state index in [1.165, 1.54) is 10.1 Å². The smallest absolute Gasteiger partial charge is 0.102 e. The number of ether oxygens (including phenoxy) is 1. The Morgan fingerprint density at radius 1 is 1.37 bits per heavy atom. The topological polar surface area (TPSA) is 32.7 Å². The molecule has 0 spiro atoms. The van der Waals surface area contributed by atoms with Gasteiger partial charge < -0.3 is 14.7 Å². The summed E-state index contributed by atoms with van der Waals surface area (Å²) in [4.78, 5) is 2.18. The minimum absolute atomic E-state index is 0.354. The van der Waals surface area contributed by atoms with Crippen LogP contribution in [0.5, 0.6) is 0 Å². The van der Waals surface area contributed by atoms with Crippen LogP contribution >= 0.6 is 11.3 Å². The summed E-state index contributed by atoms with van der Waals surface area (Å²) in [6.07, 6.45) is -0.545. The zero-order valence-electron chi connectivity index (χ0n) is 11.5. The van der Waals surface area contributed by atoms with Crippen molar-refractivity contribution in [2.75, 3.05) is 33.4 Å². The summed E-state index contributed by atoms with van der Waals surface area (Å²) in [7, 11) is 2.06. The number of rotatable bonds is 7. The molecule has 0 aliphatic rings. The van der Waals surface area contributed by atoms with Crippen molar-refractivity contribution in [1.29, 1.82) is 0 Å². The lowest BCUT2D eigenvalue weighted by Gasteiger charge is -2.15. The summed E-state index contributed by atoms with van der Waals surface area (Å²) in [6.45, 7) is 5.04. The molecule has 3 nitrogen and oxygen atoms in total. The first kappa shape index (κ1) is 14.5. The molecule has 1 N–H and O–H groups in total. The lowest BCUT2D eigenvalue weighted by molar-refractivity contribution is 0.0292. The van der Waals surface area contributed by atoms with Crippen LogP contribution in [0.1, 0.15) is 18.6 Å². The molecule has 2 rings (SSSR count). The summed E-state index contributed by atoms with van der Waals surface area (Å²) in [5, 5.41) is 13.4. The van der Waals surface area contributed by atoms with Crippen LogP contribution in [-0.4, -0.2) is 43.4 Å². The molecular weight excluding hydrogens is 258 g/mol. The van der Waals surface area contributed by atoms with Gasteiger partial charge in [-0.2, -0.15) is 0 Å². The fourth-order valence-corrected chi connectivity index (χ4v) is 2.63. The molecule has 0 aliphatic heterocycles. The van der Waals surface area contributed by atoms with Crippen LogP contribution in [0.25, 0.3) is 10.1 Å². The molecule has 4 heteroatoms. The highest BCUT2D eigenvalue weighted by Crippen LogP contribution is 2.24. The largest absolute Gasteiger partial charge is 0.386 e. The first-order valence-electron chi connectivity index (χ1n) is 6.62. The number of aliphatic hydroxyl groups excluding tert-OH is 1. The van der Waals surface area contributed by atoms with Gasteiger partial charge in [0.15, 0.2) is 0 Å². The third-order valence-corrected chi connectivity index (χ3v) is 4.19. The van der Waals surface area contributed by atoms with E-state index in [0.29, 0.717) is 13.2 Å². The normalized spacial score (nSPS) is 13.3. The fraction of sp³-hybridized carbons (Fsp3) is 0.467. The van der Waals surface area contributed by atoms with Crippen molar-refractivity contribution in [1.82, 2.24) is 4.90 Å². The van der Waals surface area contributed by atoms with Gasteiger partial charge in [-0.1, -0.05) is 13.0 Å². The van der Waals surface area contributed by atoms with Crippen LogP contribution < -0.4 is 0 Å². The number of hydrogen-bond acceptors (Lipinski definition) is 4. The van der Waals surface area contributed by atoms with Crippen LogP contribution in [0.2, 0.25) is 0 Å². The Labute approximate surface area is 118 Å². The number of benzene rings is 1. The van der Waals surface area contributed by atoms with E-state index in [4.69, 9.17) is 4.74 Å². The first-order chi connectivity index (χ1) is 9.20. The van der Waals surface area contributed by atoms with E-state index in [1.54, 1.807) is 11.3 Å². The van der Waals surface area contributed by atoms with E-state index in [-0.39, 0.29) is 0 Å². The monoisotopic (exact) mass is 279 g/mol. The van der Waals surface area contributed by atoms with Crippen molar-refractivity contribution in [2.45, 2.75) is 13.0 Å². The third-order valence-electron chi connectivity index (χ3n) is 3.29. The lowest BCUT2D eigenvalue weighted by Crippen LogP contribution is -2.23. The number of fused-ring (bicyclic) bond motifs is 1. The number of hydrogen-bond donors (Lipinski definition) is 1. The van der Waals surface area contributed by atoms with Gasteiger partial charge in [0.25, 0.3) is 0 Å². The van der Waals surface area contributed by atoms with Crippen molar-refractivity contribution in [3.05, 3.63) is 35.2 Å². The maximum Gasteiger partial charge on any atom is 0.102 e. The summed E-state index contributed by atoms with van der Waals surface area (Å²) >= 11 is 1.72. The predicted octanol–water partition coefficient (Wildman–Crippen LogP) is 2.90. The van der Waals surface area contributed by atoms with Gasteiger partial charge in [0, 0.05) is 11.2 Å². The van der Waals surface area contributed by atoms with E-state index in [2.05, 4.69) is 36.4 Å². The van der Waals surface area contributed by atoms with Gasteiger partial charge in [-0.3, -0.25) is 0 Å². The van der Waals surface area contributed by atoms with Crippen molar-refractivity contribution >= 4 is 21.4 Å². The van der Waals surface area contributed by atoms with E-state index >= 15 is 0 Å². The van der Waals surface area contributed by atoms with Gasteiger partial charge in [-0.05, 0) is 48.1 Å². The Hall–Kier alpha value is -0.940. The highest BCUT2D eigenvalue weighted by Gasteiger charge is 2.09. The summed E-state index contributed by atoms with van der Waals surface area (Å²) in [6, 6.07) is 8.15. The summed E-state index contributed by atoms with van der Waals surface area (Å²) in [5.41, 5.74) is 0.926. The average Bonchev–Trinajstić information content (AvgIpc) is 2.90. The quantitative estimate of drug-likeness (QED) is 0.791. The molecule has 1 unspecified atom stereocenters. The highest BCUT2D eigenvalue weighted by atomic mass is 32.1. The van der Waals surface area contributed by atoms with Crippen molar-refractivity contribution in [3.63, 3.8) is 0 Å².